The summed E-state index contributed by atoms with van der Waals surface area (Å²) in [5, 5.41) is 8.59. The van der Waals surface area contributed by atoms with Gasteiger partial charge in [-0.15, -0.1) is 0 Å². The van der Waals surface area contributed by atoms with Crippen LogP contribution in [0.4, 0.5) is 13.6 Å². The third-order valence-electron chi connectivity index (χ3n) is 3.68. The Bertz CT molecular complexity index is 536. The van der Waals surface area contributed by atoms with Crippen molar-refractivity contribution in [3.63, 3.8) is 0 Å². The van der Waals surface area contributed by atoms with Gasteiger partial charge >= 0.3 is 18.0 Å². The summed E-state index contributed by atoms with van der Waals surface area (Å²) in [6, 6.07) is 8.99. The molecule has 1 fully saturated rings. The van der Waals surface area contributed by atoms with E-state index in [1.54, 1.807) is 24.3 Å². The van der Waals surface area contributed by atoms with E-state index in [9.17, 15) is 18.4 Å². The number of carboxylic acid groups (broad SMARTS) is 1. The molecule has 0 radical (unpaired) electrons. The largest absolute Gasteiger partial charge is 0.477 e. The Kier molecular flexibility index (Phi) is 4.95. The molecule has 1 aliphatic heterocycles. The molecule has 1 aromatic rings. The maximum absolute atomic E-state index is 13.5. The quantitative estimate of drug-likeness (QED) is 0.928. The van der Waals surface area contributed by atoms with Crippen molar-refractivity contribution in [2.75, 3.05) is 13.1 Å². The van der Waals surface area contributed by atoms with Gasteiger partial charge in [0.2, 0.25) is 0 Å². The molecule has 5 nitrogen and oxygen atoms in total. The van der Waals surface area contributed by atoms with Crippen molar-refractivity contribution in [3.05, 3.63) is 35.9 Å². The third kappa shape index (κ3) is 3.72. The highest BCUT2D eigenvalue weighted by Gasteiger charge is 2.49. The van der Waals surface area contributed by atoms with Crippen molar-refractivity contribution >= 4 is 12.1 Å². The highest BCUT2D eigenvalue weighted by Crippen LogP contribution is 2.32. The van der Waals surface area contributed by atoms with Gasteiger partial charge in [0.15, 0.2) is 0 Å². The normalized spacial score (nSPS) is 18.8. The Labute approximate surface area is 126 Å². The molecule has 0 saturated carbocycles. The molecule has 1 amide bonds. The Balaban J connectivity index is 1.91. The number of carbonyl (C=O) groups excluding carboxylic acids is 1. The topological polar surface area (TPSA) is 66.8 Å². The van der Waals surface area contributed by atoms with Gasteiger partial charge in [-0.2, -0.15) is 8.78 Å². The van der Waals surface area contributed by atoms with Crippen molar-refractivity contribution in [1.29, 1.82) is 0 Å². The molecule has 1 aliphatic rings. The first-order chi connectivity index (χ1) is 10.4. The Morgan fingerprint density at radius 2 is 2.00 bits per heavy atom. The monoisotopic (exact) mass is 313 g/mol. The molecule has 1 N–H and O–H groups in total. The SMILES string of the molecule is O=C(OCc1ccccc1)N1CCCC(C(F)(F)C(=O)O)C1. The summed E-state index contributed by atoms with van der Waals surface area (Å²) >= 11 is 0. The smallest absolute Gasteiger partial charge is 0.410 e. The van der Waals surface area contributed by atoms with Crippen LogP contribution in [0.5, 0.6) is 0 Å². The number of likely N-dealkylation sites (tertiary alicyclic amines) is 1. The van der Waals surface area contributed by atoms with Gasteiger partial charge in [0.05, 0.1) is 5.92 Å². The maximum Gasteiger partial charge on any atom is 0.410 e. The Morgan fingerprint density at radius 3 is 2.64 bits per heavy atom. The molecule has 1 unspecified atom stereocenters. The summed E-state index contributed by atoms with van der Waals surface area (Å²) in [5.41, 5.74) is 0.792. The number of hydrogen-bond donors (Lipinski definition) is 1. The van der Waals surface area contributed by atoms with Crippen molar-refractivity contribution in [2.45, 2.75) is 25.4 Å². The van der Waals surface area contributed by atoms with Crippen LogP contribution < -0.4 is 0 Å². The van der Waals surface area contributed by atoms with Crippen LogP contribution in [0.25, 0.3) is 0 Å². The number of alkyl halides is 2. The average molecular weight is 313 g/mol. The van der Waals surface area contributed by atoms with Crippen molar-refractivity contribution in [2.24, 2.45) is 5.92 Å². The minimum Gasteiger partial charge on any atom is -0.477 e. The van der Waals surface area contributed by atoms with Crippen LogP contribution in [0.2, 0.25) is 0 Å². The van der Waals surface area contributed by atoms with Gasteiger partial charge in [-0.3, -0.25) is 0 Å². The van der Waals surface area contributed by atoms with Gasteiger partial charge in [-0.25, -0.2) is 9.59 Å². The molecule has 22 heavy (non-hydrogen) atoms. The van der Waals surface area contributed by atoms with Gasteiger partial charge in [0.1, 0.15) is 6.61 Å². The van der Waals surface area contributed by atoms with Crippen LogP contribution in [0.15, 0.2) is 30.3 Å². The molecule has 0 spiro atoms. The van der Waals surface area contributed by atoms with E-state index < -0.39 is 23.9 Å². The van der Waals surface area contributed by atoms with E-state index in [4.69, 9.17) is 9.84 Å². The van der Waals surface area contributed by atoms with Gasteiger partial charge in [0, 0.05) is 13.1 Å². The van der Waals surface area contributed by atoms with Crippen LogP contribution in [-0.2, 0) is 16.1 Å². The van der Waals surface area contributed by atoms with Crippen LogP contribution >= 0.6 is 0 Å². The molecule has 0 aromatic heterocycles. The first-order valence-electron chi connectivity index (χ1n) is 6.98. The standard InChI is InChI=1S/C15H17F2NO4/c16-15(17,13(19)20)12-7-4-8-18(9-12)14(21)22-10-11-5-2-1-3-6-11/h1-3,5-6,12H,4,7-10H2,(H,19,20). The van der Waals surface area contributed by atoms with Crippen LogP contribution in [0, 0.1) is 5.92 Å². The van der Waals surface area contributed by atoms with E-state index in [0.717, 1.165) is 10.5 Å². The summed E-state index contributed by atoms with van der Waals surface area (Å²) in [6.07, 6.45) is -0.301. The number of carboxylic acids is 1. The van der Waals surface area contributed by atoms with Crippen LogP contribution in [-0.4, -0.2) is 41.1 Å². The lowest BCUT2D eigenvalue weighted by Gasteiger charge is -2.34. The highest BCUT2D eigenvalue weighted by molar-refractivity contribution is 5.76. The zero-order valence-corrected chi connectivity index (χ0v) is 11.9. The molecule has 1 atom stereocenters. The number of hydrogen-bond acceptors (Lipinski definition) is 3. The predicted octanol–water partition coefficient (Wildman–Crippen LogP) is 2.76. The number of amides is 1. The van der Waals surface area contributed by atoms with E-state index in [-0.39, 0.29) is 19.6 Å². The molecule has 120 valence electrons. The maximum atomic E-state index is 13.5. The zero-order valence-electron chi connectivity index (χ0n) is 11.9. The number of ether oxygens (including phenoxy) is 1. The lowest BCUT2D eigenvalue weighted by Crippen LogP contribution is -2.49. The van der Waals surface area contributed by atoms with E-state index in [2.05, 4.69) is 0 Å². The molecule has 0 bridgehead atoms. The molecule has 2 rings (SSSR count). The molecule has 0 aliphatic carbocycles. The predicted molar refractivity (Wildman–Crippen MR) is 73.5 cm³/mol. The summed E-state index contributed by atoms with van der Waals surface area (Å²) in [7, 11) is 0. The van der Waals surface area contributed by atoms with Crippen molar-refractivity contribution in [1.82, 2.24) is 4.90 Å². The zero-order chi connectivity index (χ0) is 16.2. The second-order valence-corrected chi connectivity index (χ2v) is 5.25. The molecule has 1 aromatic carbocycles. The fourth-order valence-corrected chi connectivity index (χ4v) is 2.42. The number of benzene rings is 1. The van der Waals surface area contributed by atoms with Gasteiger partial charge in [-0.05, 0) is 18.4 Å². The fourth-order valence-electron chi connectivity index (χ4n) is 2.42. The van der Waals surface area contributed by atoms with E-state index in [0.29, 0.717) is 13.0 Å². The Hall–Kier alpha value is -2.18. The highest BCUT2D eigenvalue weighted by atomic mass is 19.3. The first kappa shape index (κ1) is 16.2. The average Bonchev–Trinajstić information content (AvgIpc) is 2.53. The summed E-state index contributed by atoms with van der Waals surface area (Å²) in [5.74, 6) is -7.38. The number of halogens is 2. The van der Waals surface area contributed by atoms with Gasteiger partial charge in [0.25, 0.3) is 0 Å². The first-order valence-corrected chi connectivity index (χ1v) is 6.98. The lowest BCUT2D eigenvalue weighted by molar-refractivity contribution is -0.176. The Morgan fingerprint density at radius 1 is 1.32 bits per heavy atom. The number of nitrogens with zero attached hydrogens (tertiary/aromatic N) is 1. The van der Waals surface area contributed by atoms with Gasteiger partial charge in [-0.1, -0.05) is 30.3 Å². The second kappa shape index (κ2) is 6.72. The van der Waals surface area contributed by atoms with Gasteiger partial charge < -0.3 is 14.7 Å². The number of aliphatic carboxylic acids is 1. The summed E-state index contributed by atoms with van der Waals surface area (Å²) in [6.45, 7) is 0.0307. The lowest BCUT2D eigenvalue weighted by atomic mass is 9.92. The van der Waals surface area contributed by atoms with E-state index in [1.165, 1.54) is 0 Å². The third-order valence-corrected chi connectivity index (χ3v) is 3.68. The summed E-state index contributed by atoms with van der Waals surface area (Å²) < 4.78 is 32.2. The molecule has 7 heteroatoms. The summed E-state index contributed by atoms with van der Waals surface area (Å²) in [4.78, 5) is 23.7. The number of rotatable bonds is 4. The van der Waals surface area contributed by atoms with E-state index >= 15 is 0 Å². The van der Waals surface area contributed by atoms with E-state index in [1.807, 2.05) is 6.07 Å². The minimum absolute atomic E-state index is 0.0517. The molecular weight excluding hydrogens is 296 g/mol. The molecular formula is C15H17F2NO4. The number of piperidine rings is 1. The van der Waals surface area contributed by atoms with Crippen molar-refractivity contribution < 1.29 is 28.2 Å². The fraction of sp³-hybridized carbons (Fsp3) is 0.467. The number of carbonyl (C=O) groups is 2. The van der Waals surface area contributed by atoms with Crippen LogP contribution in [0.3, 0.4) is 0 Å². The van der Waals surface area contributed by atoms with Crippen LogP contribution in [0.1, 0.15) is 18.4 Å². The second-order valence-electron chi connectivity index (χ2n) is 5.25. The van der Waals surface area contributed by atoms with Crippen molar-refractivity contribution in [3.8, 4) is 0 Å². The molecule has 1 heterocycles. The minimum atomic E-state index is -3.83. The molecule has 1 saturated heterocycles.